The van der Waals surface area contributed by atoms with Gasteiger partial charge < -0.3 is 15.0 Å². The summed E-state index contributed by atoms with van der Waals surface area (Å²) in [6.45, 7) is 0.0496. The molecule has 0 aliphatic rings. The molecule has 0 fully saturated rings. The van der Waals surface area contributed by atoms with Gasteiger partial charge in [0.15, 0.2) is 9.84 Å². The molecule has 2 aromatic rings. The molecule has 0 bridgehead atoms. The molecule has 1 heterocycles. The lowest BCUT2D eigenvalue weighted by atomic mass is 10.2. The van der Waals surface area contributed by atoms with Crippen LogP contribution < -0.4 is 10.5 Å². The number of hydrogen-bond donors (Lipinski definition) is 1. The number of hydrogen-bond acceptors (Lipinski definition) is 7. The maximum Gasteiger partial charge on any atom is 0.240 e. The Hall–Kier alpha value is -2.00. The predicted molar refractivity (Wildman–Crippen MR) is 67.2 cm³/mol. The molecule has 20 heavy (non-hydrogen) atoms. The third-order valence-corrected chi connectivity index (χ3v) is 3.64. The van der Waals surface area contributed by atoms with Crippen molar-refractivity contribution in [1.29, 1.82) is 0 Å². The van der Waals surface area contributed by atoms with E-state index in [2.05, 4.69) is 10.1 Å². The van der Waals surface area contributed by atoms with E-state index in [1.165, 1.54) is 13.2 Å². The number of aromatic nitrogens is 2. The number of benzene rings is 1. The normalized spacial score (nSPS) is 11.6. The monoisotopic (exact) mass is 301 g/mol. The van der Waals surface area contributed by atoms with Crippen LogP contribution in [0.15, 0.2) is 21.6 Å². The molecule has 2 rings (SSSR count). The summed E-state index contributed by atoms with van der Waals surface area (Å²) in [6, 6.07) is 2.33. The Morgan fingerprint density at radius 3 is 2.65 bits per heavy atom. The topological polar surface area (TPSA) is 108 Å². The summed E-state index contributed by atoms with van der Waals surface area (Å²) in [7, 11) is -2.51. The third-order valence-electron chi connectivity index (χ3n) is 2.50. The molecule has 108 valence electrons. The second-order valence-electron chi connectivity index (χ2n) is 3.98. The summed E-state index contributed by atoms with van der Waals surface area (Å²) >= 11 is 0. The van der Waals surface area contributed by atoms with Gasteiger partial charge in [-0.25, -0.2) is 12.8 Å². The molecule has 9 heteroatoms. The number of nitrogens with zero attached hydrogens (tertiary/aromatic N) is 2. The number of methoxy groups -OCH3 is 1. The molecule has 1 aromatic carbocycles. The Labute approximate surface area is 114 Å². The first-order valence-electron chi connectivity index (χ1n) is 5.47. The van der Waals surface area contributed by atoms with Gasteiger partial charge in [-0.15, -0.1) is 0 Å². The van der Waals surface area contributed by atoms with Crippen LogP contribution in [0.1, 0.15) is 5.89 Å². The highest BCUT2D eigenvalue weighted by molar-refractivity contribution is 7.90. The van der Waals surface area contributed by atoms with Crippen LogP contribution in [0.3, 0.4) is 0 Å². The lowest BCUT2D eigenvalue weighted by Gasteiger charge is -2.09. The van der Waals surface area contributed by atoms with Crippen LogP contribution in [0.4, 0.5) is 4.39 Å². The van der Waals surface area contributed by atoms with E-state index in [-0.39, 0.29) is 29.6 Å². The minimum Gasteiger partial charge on any atom is -0.495 e. The molecule has 7 nitrogen and oxygen atoms in total. The third kappa shape index (κ3) is 2.63. The fourth-order valence-electron chi connectivity index (χ4n) is 1.66. The van der Waals surface area contributed by atoms with E-state index in [0.29, 0.717) is 0 Å². The van der Waals surface area contributed by atoms with Gasteiger partial charge in [-0.1, -0.05) is 5.16 Å². The fraction of sp³-hybridized carbons (Fsp3) is 0.273. The number of sulfone groups is 1. The molecular formula is C11H12FN3O4S. The maximum absolute atomic E-state index is 14.0. The first kappa shape index (κ1) is 14.4. The van der Waals surface area contributed by atoms with E-state index in [4.69, 9.17) is 15.0 Å². The Bertz CT molecular complexity index is 742. The van der Waals surface area contributed by atoms with Gasteiger partial charge in [0.05, 0.1) is 13.7 Å². The minimum absolute atomic E-state index is 0.0496. The van der Waals surface area contributed by atoms with E-state index in [9.17, 15) is 12.8 Å². The van der Waals surface area contributed by atoms with Gasteiger partial charge >= 0.3 is 0 Å². The summed E-state index contributed by atoms with van der Waals surface area (Å²) < 4.78 is 46.8. The molecular weight excluding hydrogens is 289 g/mol. The summed E-state index contributed by atoms with van der Waals surface area (Å²) in [4.78, 5) is 3.42. The Morgan fingerprint density at radius 1 is 1.45 bits per heavy atom. The first-order chi connectivity index (χ1) is 9.36. The van der Waals surface area contributed by atoms with Crippen LogP contribution in [-0.2, 0) is 16.4 Å². The highest BCUT2D eigenvalue weighted by atomic mass is 32.2. The van der Waals surface area contributed by atoms with Crippen LogP contribution in [-0.4, -0.2) is 31.9 Å². The van der Waals surface area contributed by atoms with Gasteiger partial charge in [0.2, 0.25) is 11.7 Å². The van der Waals surface area contributed by atoms with Crippen LogP contribution in [0.25, 0.3) is 11.4 Å². The average molecular weight is 301 g/mol. The maximum atomic E-state index is 14.0. The Balaban J connectivity index is 2.61. The van der Waals surface area contributed by atoms with Crippen molar-refractivity contribution in [3.63, 3.8) is 0 Å². The highest BCUT2D eigenvalue weighted by Gasteiger charge is 2.22. The Kier molecular flexibility index (Phi) is 3.73. The summed E-state index contributed by atoms with van der Waals surface area (Å²) in [6.07, 6.45) is 0.897. The molecule has 0 aliphatic heterocycles. The van der Waals surface area contributed by atoms with Crippen molar-refractivity contribution in [1.82, 2.24) is 10.1 Å². The largest absolute Gasteiger partial charge is 0.495 e. The van der Waals surface area contributed by atoms with Crippen molar-refractivity contribution < 1.29 is 22.1 Å². The van der Waals surface area contributed by atoms with E-state index < -0.39 is 20.5 Å². The highest BCUT2D eigenvalue weighted by Crippen LogP contribution is 2.31. The zero-order valence-electron chi connectivity index (χ0n) is 10.8. The van der Waals surface area contributed by atoms with E-state index >= 15 is 0 Å². The van der Waals surface area contributed by atoms with Crippen LogP contribution in [0, 0.1) is 5.82 Å². The number of nitrogens with two attached hydrogens (primary N) is 1. The Morgan fingerprint density at radius 2 is 2.15 bits per heavy atom. The lowest BCUT2D eigenvalue weighted by Crippen LogP contribution is -2.04. The molecule has 0 aliphatic carbocycles. The molecule has 1 aromatic heterocycles. The second kappa shape index (κ2) is 5.17. The molecule has 0 unspecified atom stereocenters. The standard InChI is InChI=1S/C11H12FN3O4S/c1-18-8-4-6(11-14-9(5-13)19-15-11)3-7(12)10(8)20(2,16)17/h3-4H,5,13H2,1-2H3. The lowest BCUT2D eigenvalue weighted by molar-refractivity contribution is 0.380. The van der Waals surface area contributed by atoms with Crippen molar-refractivity contribution in [3.05, 3.63) is 23.8 Å². The summed E-state index contributed by atoms with van der Waals surface area (Å²) in [5.74, 6) is -0.781. The zero-order valence-corrected chi connectivity index (χ0v) is 11.6. The number of halogens is 1. The number of ether oxygens (including phenoxy) is 1. The smallest absolute Gasteiger partial charge is 0.240 e. The summed E-state index contributed by atoms with van der Waals surface area (Å²) in [5.41, 5.74) is 5.57. The van der Waals surface area contributed by atoms with E-state index in [1.54, 1.807) is 0 Å². The van der Waals surface area contributed by atoms with Crippen molar-refractivity contribution in [2.75, 3.05) is 13.4 Å². The van der Waals surface area contributed by atoms with Gasteiger partial charge in [0.1, 0.15) is 16.5 Å². The SMILES string of the molecule is COc1cc(-c2noc(CN)n2)cc(F)c1S(C)(=O)=O. The van der Waals surface area contributed by atoms with Gasteiger partial charge in [-0.05, 0) is 12.1 Å². The summed E-state index contributed by atoms with van der Waals surface area (Å²) in [5, 5.41) is 3.63. The predicted octanol–water partition coefficient (Wildman–Crippen LogP) is 0.747. The molecule has 0 saturated carbocycles. The fourth-order valence-corrected chi connectivity index (χ4v) is 2.58. The van der Waals surface area contributed by atoms with E-state index in [0.717, 1.165) is 12.3 Å². The molecule has 0 saturated heterocycles. The molecule has 0 atom stereocenters. The van der Waals surface area contributed by atoms with Crippen molar-refractivity contribution in [3.8, 4) is 17.1 Å². The number of rotatable bonds is 4. The van der Waals surface area contributed by atoms with Crippen LogP contribution in [0.5, 0.6) is 5.75 Å². The van der Waals surface area contributed by atoms with Crippen molar-refractivity contribution in [2.24, 2.45) is 5.73 Å². The average Bonchev–Trinajstić information content (AvgIpc) is 2.84. The van der Waals surface area contributed by atoms with Crippen molar-refractivity contribution in [2.45, 2.75) is 11.4 Å². The zero-order chi connectivity index (χ0) is 14.9. The van der Waals surface area contributed by atoms with Crippen LogP contribution >= 0.6 is 0 Å². The van der Waals surface area contributed by atoms with Gasteiger partial charge in [-0.3, -0.25) is 0 Å². The second-order valence-corrected chi connectivity index (χ2v) is 5.93. The molecule has 0 radical (unpaired) electrons. The molecule has 0 spiro atoms. The van der Waals surface area contributed by atoms with Gasteiger partial charge in [0.25, 0.3) is 0 Å². The molecule has 0 amide bonds. The quantitative estimate of drug-likeness (QED) is 0.887. The minimum atomic E-state index is -3.76. The van der Waals surface area contributed by atoms with E-state index in [1.807, 2.05) is 0 Å². The van der Waals surface area contributed by atoms with Gasteiger partial charge in [0, 0.05) is 11.8 Å². The van der Waals surface area contributed by atoms with Crippen molar-refractivity contribution >= 4 is 9.84 Å². The van der Waals surface area contributed by atoms with Crippen LogP contribution in [0.2, 0.25) is 0 Å². The molecule has 2 N–H and O–H groups in total. The van der Waals surface area contributed by atoms with Gasteiger partial charge in [-0.2, -0.15) is 4.98 Å². The first-order valence-corrected chi connectivity index (χ1v) is 7.36.